The highest BCUT2D eigenvalue weighted by Gasteiger charge is 2.21. The molecule has 0 aliphatic carbocycles. The smallest absolute Gasteiger partial charge is 0.126 e. The van der Waals surface area contributed by atoms with Gasteiger partial charge in [-0.3, -0.25) is 0 Å². The number of aryl methyl sites for hydroxylation is 1. The number of ether oxygens (including phenoxy) is 1. The Morgan fingerprint density at radius 3 is 2.53 bits per heavy atom. The summed E-state index contributed by atoms with van der Waals surface area (Å²) in [4.78, 5) is 0. The first-order valence-corrected chi connectivity index (χ1v) is 6.18. The normalized spacial score (nSPS) is 14.6. The average molecular weight is 239 g/mol. The zero-order chi connectivity index (χ0) is 12.8. The average Bonchev–Trinajstić information content (AvgIpc) is 2.33. The van der Waals surface area contributed by atoms with E-state index in [1.54, 1.807) is 13.0 Å². The monoisotopic (exact) mass is 239 g/mol. The summed E-state index contributed by atoms with van der Waals surface area (Å²) in [5.41, 5.74) is 1.61. The standard InChI is InChI=1S/C14H22FNO/c1-5-13(17-6-2)14(16-4)11-8-7-10(3)12(15)9-11/h7-9,13-14,16H,5-6H2,1-4H3. The Morgan fingerprint density at radius 1 is 1.35 bits per heavy atom. The van der Waals surface area contributed by atoms with Crippen molar-refractivity contribution in [2.45, 2.75) is 39.3 Å². The van der Waals surface area contributed by atoms with Crippen LogP contribution in [-0.4, -0.2) is 19.8 Å². The lowest BCUT2D eigenvalue weighted by Crippen LogP contribution is -2.31. The van der Waals surface area contributed by atoms with Crippen molar-refractivity contribution in [1.29, 1.82) is 0 Å². The van der Waals surface area contributed by atoms with Gasteiger partial charge < -0.3 is 10.1 Å². The molecule has 1 N–H and O–H groups in total. The minimum atomic E-state index is -0.158. The molecule has 0 spiro atoms. The van der Waals surface area contributed by atoms with E-state index in [9.17, 15) is 4.39 Å². The van der Waals surface area contributed by atoms with Crippen molar-refractivity contribution < 1.29 is 9.13 Å². The number of rotatable bonds is 6. The largest absolute Gasteiger partial charge is 0.377 e. The Morgan fingerprint density at radius 2 is 2.06 bits per heavy atom. The minimum Gasteiger partial charge on any atom is -0.377 e. The molecular formula is C14H22FNO. The van der Waals surface area contributed by atoms with E-state index in [1.165, 1.54) is 0 Å². The number of halogens is 1. The second-order valence-electron chi connectivity index (χ2n) is 4.18. The summed E-state index contributed by atoms with van der Waals surface area (Å²) in [5.74, 6) is -0.158. The van der Waals surface area contributed by atoms with Gasteiger partial charge in [-0.1, -0.05) is 19.1 Å². The van der Waals surface area contributed by atoms with Gasteiger partial charge in [0.15, 0.2) is 0 Å². The first kappa shape index (κ1) is 14.1. The van der Waals surface area contributed by atoms with Gasteiger partial charge in [0.2, 0.25) is 0 Å². The van der Waals surface area contributed by atoms with E-state index in [4.69, 9.17) is 4.74 Å². The van der Waals surface area contributed by atoms with Gasteiger partial charge in [0.1, 0.15) is 5.82 Å². The van der Waals surface area contributed by atoms with Crippen LogP contribution in [0.4, 0.5) is 4.39 Å². The summed E-state index contributed by atoms with van der Waals surface area (Å²) in [5, 5.41) is 3.21. The third-order valence-electron chi connectivity index (χ3n) is 3.02. The van der Waals surface area contributed by atoms with Crippen LogP contribution >= 0.6 is 0 Å². The maximum Gasteiger partial charge on any atom is 0.126 e. The van der Waals surface area contributed by atoms with Crippen LogP contribution in [0.3, 0.4) is 0 Å². The molecule has 1 aromatic carbocycles. The zero-order valence-corrected chi connectivity index (χ0v) is 11.1. The van der Waals surface area contributed by atoms with Crippen LogP contribution in [0.15, 0.2) is 18.2 Å². The third-order valence-corrected chi connectivity index (χ3v) is 3.02. The molecule has 2 nitrogen and oxygen atoms in total. The fraction of sp³-hybridized carbons (Fsp3) is 0.571. The first-order chi connectivity index (χ1) is 8.13. The highest BCUT2D eigenvalue weighted by atomic mass is 19.1. The predicted molar refractivity (Wildman–Crippen MR) is 68.6 cm³/mol. The summed E-state index contributed by atoms with van der Waals surface area (Å²) in [6.07, 6.45) is 0.974. The maximum absolute atomic E-state index is 13.6. The fourth-order valence-electron chi connectivity index (χ4n) is 2.03. The van der Waals surface area contributed by atoms with Crippen LogP contribution in [0, 0.1) is 12.7 Å². The SMILES string of the molecule is CCOC(CC)C(NC)c1ccc(C)c(F)c1. The predicted octanol–water partition coefficient (Wildman–Crippen LogP) is 3.21. The van der Waals surface area contributed by atoms with Crippen LogP contribution in [-0.2, 0) is 4.74 Å². The topological polar surface area (TPSA) is 21.3 Å². The Hall–Kier alpha value is -0.930. The van der Waals surface area contributed by atoms with Crippen LogP contribution in [0.5, 0.6) is 0 Å². The van der Waals surface area contributed by atoms with Gasteiger partial charge in [-0.15, -0.1) is 0 Å². The maximum atomic E-state index is 13.6. The molecule has 17 heavy (non-hydrogen) atoms. The molecule has 1 aromatic rings. The van der Waals surface area contributed by atoms with Crippen molar-refractivity contribution in [2.75, 3.05) is 13.7 Å². The Bertz CT molecular complexity index is 354. The Kier molecular flexibility index (Phi) is 5.59. The minimum absolute atomic E-state index is 0.0371. The fourth-order valence-corrected chi connectivity index (χ4v) is 2.03. The number of hydrogen-bond acceptors (Lipinski definition) is 2. The molecule has 0 aromatic heterocycles. The Balaban J connectivity index is 2.95. The zero-order valence-electron chi connectivity index (χ0n) is 11.1. The van der Waals surface area contributed by atoms with Crippen molar-refractivity contribution in [1.82, 2.24) is 5.32 Å². The van der Waals surface area contributed by atoms with Gasteiger partial charge >= 0.3 is 0 Å². The van der Waals surface area contributed by atoms with Crippen molar-refractivity contribution in [3.05, 3.63) is 35.1 Å². The second-order valence-corrected chi connectivity index (χ2v) is 4.18. The van der Waals surface area contributed by atoms with Gasteiger partial charge in [0.05, 0.1) is 12.1 Å². The quantitative estimate of drug-likeness (QED) is 0.823. The molecule has 1 rings (SSSR count). The molecule has 0 radical (unpaired) electrons. The lowest BCUT2D eigenvalue weighted by Gasteiger charge is -2.26. The van der Waals surface area contributed by atoms with Crippen molar-refractivity contribution in [2.24, 2.45) is 0 Å². The summed E-state index contributed by atoms with van der Waals surface area (Å²) in [6, 6.07) is 5.41. The molecule has 0 aliphatic rings. The van der Waals surface area contributed by atoms with Gasteiger partial charge in [-0.05, 0) is 44.5 Å². The van der Waals surface area contributed by atoms with Crippen molar-refractivity contribution in [3.8, 4) is 0 Å². The second kappa shape index (κ2) is 6.72. The van der Waals surface area contributed by atoms with Crippen LogP contribution < -0.4 is 5.32 Å². The van der Waals surface area contributed by atoms with Gasteiger partial charge in [-0.25, -0.2) is 4.39 Å². The van der Waals surface area contributed by atoms with E-state index in [0.29, 0.717) is 12.2 Å². The van der Waals surface area contributed by atoms with E-state index in [-0.39, 0.29) is 18.0 Å². The number of likely N-dealkylation sites (N-methyl/N-ethyl adjacent to an activating group) is 1. The van der Waals surface area contributed by atoms with Gasteiger partial charge in [-0.2, -0.15) is 0 Å². The molecule has 0 saturated heterocycles. The molecular weight excluding hydrogens is 217 g/mol. The Labute approximate surface area is 103 Å². The molecule has 0 aliphatic heterocycles. The molecule has 2 unspecified atom stereocenters. The lowest BCUT2D eigenvalue weighted by atomic mass is 9.98. The van der Waals surface area contributed by atoms with Crippen LogP contribution in [0.1, 0.15) is 37.4 Å². The number of hydrogen-bond donors (Lipinski definition) is 1. The van der Waals surface area contributed by atoms with Crippen LogP contribution in [0.2, 0.25) is 0 Å². The van der Waals surface area contributed by atoms with Crippen molar-refractivity contribution >= 4 is 0 Å². The third kappa shape index (κ3) is 3.51. The molecule has 0 fully saturated rings. The number of benzene rings is 1. The van der Waals surface area contributed by atoms with Gasteiger partial charge in [0.25, 0.3) is 0 Å². The van der Waals surface area contributed by atoms with E-state index in [2.05, 4.69) is 12.2 Å². The van der Waals surface area contributed by atoms with Crippen molar-refractivity contribution in [3.63, 3.8) is 0 Å². The van der Waals surface area contributed by atoms with E-state index < -0.39 is 0 Å². The summed E-state index contributed by atoms with van der Waals surface area (Å²) in [7, 11) is 1.88. The highest BCUT2D eigenvalue weighted by Crippen LogP contribution is 2.23. The molecule has 0 heterocycles. The van der Waals surface area contributed by atoms with E-state index >= 15 is 0 Å². The molecule has 3 heteroatoms. The molecule has 2 atom stereocenters. The molecule has 96 valence electrons. The summed E-state index contributed by atoms with van der Waals surface area (Å²) >= 11 is 0. The van der Waals surface area contributed by atoms with E-state index in [0.717, 1.165) is 12.0 Å². The lowest BCUT2D eigenvalue weighted by molar-refractivity contribution is 0.0333. The summed E-state index contributed by atoms with van der Waals surface area (Å²) in [6.45, 7) is 6.50. The summed E-state index contributed by atoms with van der Waals surface area (Å²) < 4.78 is 19.2. The molecule has 0 saturated carbocycles. The van der Waals surface area contributed by atoms with Gasteiger partial charge in [0, 0.05) is 6.61 Å². The highest BCUT2D eigenvalue weighted by molar-refractivity contribution is 5.26. The number of nitrogens with one attached hydrogen (secondary N) is 1. The first-order valence-electron chi connectivity index (χ1n) is 6.18. The molecule has 0 bridgehead atoms. The molecule has 0 amide bonds. The van der Waals surface area contributed by atoms with Crippen LogP contribution in [0.25, 0.3) is 0 Å². The van der Waals surface area contributed by atoms with E-state index in [1.807, 2.05) is 26.1 Å².